The number of anilines is 2. The van der Waals surface area contributed by atoms with Crippen LogP contribution in [0.2, 0.25) is 0 Å². The van der Waals surface area contributed by atoms with E-state index in [2.05, 4.69) is 48.4 Å². The fraction of sp³-hybridized carbons (Fsp3) is 0.750. The molecule has 21 heavy (non-hydrogen) atoms. The maximum atomic E-state index is 5.48. The van der Waals surface area contributed by atoms with Crippen molar-refractivity contribution in [1.82, 2.24) is 9.97 Å². The van der Waals surface area contributed by atoms with E-state index in [1.54, 1.807) is 0 Å². The maximum Gasteiger partial charge on any atom is 0.145 e. The van der Waals surface area contributed by atoms with Gasteiger partial charge in [0.05, 0.1) is 0 Å². The molecule has 0 aliphatic rings. The van der Waals surface area contributed by atoms with Gasteiger partial charge < -0.3 is 10.7 Å². The molecule has 0 fully saturated rings. The van der Waals surface area contributed by atoms with E-state index in [0.29, 0.717) is 5.82 Å². The van der Waals surface area contributed by atoms with Gasteiger partial charge in [0.1, 0.15) is 17.5 Å². The molecule has 0 aliphatic heterocycles. The topological polar surface area (TPSA) is 75.9 Å². The molecule has 0 spiro atoms. The molecule has 0 saturated heterocycles. The van der Waals surface area contributed by atoms with Crippen molar-refractivity contribution in [1.29, 1.82) is 0 Å². The zero-order valence-corrected chi connectivity index (χ0v) is 14.0. The molecule has 1 rings (SSSR count). The summed E-state index contributed by atoms with van der Waals surface area (Å²) >= 11 is 0. The summed E-state index contributed by atoms with van der Waals surface area (Å²) in [6.45, 7) is 9.86. The summed E-state index contributed by atoms with van der Waals surface area (Å²) in [7, 11) is 0. The number of nitrogen functional groups attached to an aromatic ring is 1. The lowest BCUT2D eigenvalue weighted by Crippen LogP contribution is -2.24. The first-order chi connectivity index (χ1) is 10.0. The summed E-state index contributed by atoms with van der Waals surface area (Å²) in [5.41, 5.74) is 2.88. The van der Waals surface area contributed by atoms with E-state index >= 15 is 0 Å². The highest BCUT2D eigenvalue weighted by Gasteiger charge is 2.17. The van der Waals surface area contributed by atoms with Crippen LogP contribution >= 0.6 is 0 Å². The van der Waals surface area contributed by atoms with Crippen LogP contribution in [0.15, 0.2) is 6.07 Å². The molecule has 1 aromatic rings. The number of hydrazine groups is 1. The van der Waals surface area contributed by atoms with Crippen molar-refractivity contribution in [3.05, 3.63) is 11.9 Å². The molecule has 1 aromatic heterocycles. The van der Waals surface area contributed by atoms with Crippen molar-refractivity contribution < 1.29 is 0 Å². The number of aryl methyl sites for hydroxylation is 1. The lowest BCUT2D eigenvalue weighted by Gasteiger charge is -2.25. The molecule has 0 saturated carbocycles. The van der Waals surface area contributed by atoms with Crippen molar-refractivity contribution in [3.8, 4) is 0 Å². The number of nitrogens with zero attached hydrogens (tertiary/aromatic N) is 2. The van der Waals surface area contributed by atoms with Crippen molar-refractivity contribution in [3.63, 3.8) is 0 Å². The highest BCUT2D eigenvalue weighted by Crippen LogP contribution is 2.24. The minimum absolute atomic E-state index is 0.265. The van der Waals surface area contributed by atoms with Crippen LogP contribution in [0.3, 0.4) is 0 Å². The zero-order chi connectivity index (χ0) is 15.7. The summed E-state index contributed by atoms with van der Waals surface area (Å²) < 4.78 is 0. The molecule has 0 bridgehead atoms. The van der Waals surface area contributed by atoms with Crippen LogP contribution in [0.5, 0.6) is 0 Å². The van der Waals surface area contributed by atoms with E-state index in [4.69, 9.17) is 5.84 Å². The minimum Gasteiger partial charge on any atom is -0.369 e. The molecule has 0 atom stereocenters. The van der Waals surface area contributed by atoms with Crippen LogP contribution in [0.4, 0.5) is 11.6 Å². The summed E-state index contributed by atoms with van der Waals surface area (Å²) in [6, 6.07) is 1.86. The number of aromatic nitrogens is 2. The Morgan fingerprint density at radius 2 is 1.81 bits per heavy atom. The Balaban J connectivity index is 2.62. The van der Waals surface area contributed by atoms with Crippen LogP contribution in [0, 0.1) is 5.41 Å². The molecular formula is C16H31N5. The number of rotatable bonds is 10. The molecular weight excluding hydrogens is 262 g/mol. The molecule has 5 nitrogen and oxygen atoms in total. The Bertz CT molecular complexity index is 417. The number of unbranched alkanes of at least 4 members (excludes halogenated alkanes) is 2. The van der Waals surface area contributed by atoms with Gasteiger partial charge >= 0.3 is 0 Å². The van der Waals surface area contributed by atoms with E-state index in [1.807, 2.05) is 6.07 Å². The van der Waals surface area contributed by atoms with Crippen LogP contribution in [0.25, 0.3) is 0 Å². The monoisotopic (exact) mass is 293 g/mol. The molecule has 1 heterocycles. The van der Waals surface area contributed by atoms with E-state index in [1.165, 1.54) is 25.7 Å². The molecule has 0 radical (unpaired) electrons. The average Bonchev–Trinajstić information content (AvgIpc) is 2.45. The molecule has 0 aliphatic carbocycles. The first kappa shape index (κ1) is 17.7. The fourth-order valence-corrected chi connectivity index (χ4v) is 2.27. The Morgan fingerprint density at radius 1 is 1.10 bits per heavy atom. The normalized spacial score (nSPS) is 11.5. The fourth-order valence-electron chi connectivity index (χ4n) is 2.27. The standard InChI is InChI=1S/C16H31N5/c1-5-7-8-10-16(3,4)12-18-14-11-15(21-17)20-13(19-14)9-6-2/h11H,5-10,12,17H2,1-4H3,(H2,18,19,20,21). The van der Waals surface area contributed by atoms with Gasteiger partial charge in [-0.05, 0) is 18.3 Å². The van der Waals surface area contributed by atoms with Gasteiger partial charge in [-0.2, -0.15) is 0 Å². The predicted octanol–water partition coefficient (Wildman–Crippen LogP) is 3.73. The zero-order valence-electron chi connectivity index (χ0n) is 14.0. The second-order valence-corrected chi connectivity index (χ2v) is 6.42. The smallest absolute Gasteiger partial charge is 0.145 e. The minimum atomic E-state index is 0.265. The first-order valence-electron chi connectivity index (χ1n) is 8.09. The summed E-state index contributed by atoms with van der Waals surface area (Å²) in [4.78, 5) is 8.91. The second kappa shape index (κ2) is 8.82. The van der Waals surface area contributed by atoms with Gasteiger partial charge in [0.2, 0.25) is 0 Å². The Morgan fingerprint density at radius 3 is 2.43 bits per heavy atom. The van der Waals surface area contributed by atoms with Crippen LogP contribution in [-0.2, 0) is 6.42 Å². The third kappa shape index (κ3) is 6.76. The number of hydrogen-bond donors (Lipinski definition) is 3. The Hall–Kier alpha value is -1.36. The Labute approximate surface area is 129 Å². The van der Waals surface area contributed by atoms with Crippen molar-refractivity contribution in [2.45, 2.75) is 66.2 Å². The van der Waals surface area contributed by atoms with Crippen molar-refractivity contribution in [2.24, 2.45) is 11.3 Å². The summed E-state index contributed by atoms with van der Waals surface area (Å²) in [5, 5.41) is 3.44. The van der Waals surface area contributed by atoms with E-state index < -0.39 is 0 Å². The molecule has 5 heteroatoms. The van der Waals surface area contributed by atoms with Crippen LogP contribution in [-0.4, -0.2) is 16.5 Å². The van der Waals surface area contributed by atoms with Gasteiger partial charge in [-0.25, -0.2) is 15.8 Å². The van der Waals surface area contributed by atoms with Gasteiger partial charge in [-0.3, -0.25) is 0 Å². The van der Waals surface area contributed by atoms with Crippen LogP contribution in [0.1, 0.15) is 65.6 Å². The predicted molar refractivity (Wildman–Crippen MR) is 90.2 cm³/mol. The summed E-state index contributed by atoms with van der Waals surface area (Å²) in [5.74, 6) is 7.83. The van der Waals surface area contributed by atoms with Crippen molar-refractivity contribution in [2.75, 3.05) is 17.3 Å². The van der Waals surface area contributed by atoms with E-state index in [-0.39, 0.29) is 5.41 Å². The summed E-state index contributed by atoms with van der Waals surface area (Å²) in [6.07, 6.45) is 6.97. The number of hydrogen-bond acceptors (Lipinski definition) is 5. The van der Waals surface area contributed by atoms with E-state index in [9.17, 15) is 0 Å². The largest absolute Gasteiger partial charge is 0.369 e. The van der Waals surface area contributed by atoms with E-state index in [0.717, 1.165) is 31.0 Å². The van der Waals surface area contributed by atoms with Gasteiger partial charge in [-0.15, -0.1) is 0 Å². The lowest BCUT2D eigenvalue weighted by atomic mass is 9.87. The molecule has 0 amide bonds. The average molecular weight is 293 g/mol. The molecule has 120 valence electrons. The van der Waals surface area contributed by atoms with Gasteiger partial charge in [0.15, 0.2) is 0 Å². The SMILES string of the molecule is CCCCCC(C)(C)CNc1cc(NN)nc(CCC)n1. The first-order valence-corrected chi connectivity index (χ1v) is 8.09. The molecule has 4 N–H and O–H groups in total. The third-order valence-corrected chi connectivity index (χ3v) is 3.60. The second-order valence-electron chi connectivity index (χ2n) is 6.42. The van der Waals surface area contributed by atoms with Gasteiger partial charge in [0.25, 0.3) is 0 Å². The van der Waals surface area contributed by atoms with Crippen LogP contribution < -0.4 is 16.6 Å². The molecule has 0 unspecified atom stereocenters. The number of nitrogens with two attached hydrogens (primary N) is 1. The maximum absolute atomic E-state index is 5.48. The molecule has 0 aromatic carbocycles. The van der Waals surface area contributed by atoms with Gasteiger partial charge in [0, 0.05) is 19.0 Å². The Kier molecular flexibility index (Phi) is 7.43. The highest BCUT2D eigenvalue weighted by molar-refractivity contribution is 5.47. The quantitative estimate of drug-likeness (QED) is 0.348. The van der Waals surface area contributed by atoms with Gasteiger partial charge in [-0.1, -0.05) is 47.0 Å². The lowest BCUT2D eigenvalue weighted by molar-refractivity contribution is 0.342. The third-order valence-electron chi connectivity index (χ3n) is 3.60. The van der Waals surface area contributed by atoms with Crippen molar-refractivity contribution >= 4 is 11.6 Å². The highest BCUT2D eigenvalue weighted by atomic mass is 15.3. The number of nitrogens with one attached hydrogen (secondary N) is 2.